The van der Waals surface area contributed by atoms with Gasteiger partial charge in [-0.2, -0.15) is 0 Å². The number of rotatable bonds is 5. The number of carboxylic acids is 1. The van der Waals surface area contributed by atoms with E-state index in [1.165, 1.54) is 19.2 Å². The van der Waals surface area contributed by atoms with Crippen LogP contribution in [-0.4, -0.2) is 41.1 Å². The molecular weight excluding hydrogens is 340 g/mol. The normalized spacial score (nSPS) is 18.7. The molecule has 2 aromatic rings. The van der Waals surface area contributed by atoms with Crippen LogP contribution in [0, 0.1) is 0 Å². The zero-order chi connectivity index (χ0) is 18.7. The smallest absolute Gasteiger partial charge is 0.349 e. The van der Waals surface area contributed by atoms with Crippen molar-refractivity contribution in [3.8, 4) is 23.0 Å². The maximum atomic E-state index is 11.7. The lowest BCUT2D eigenvalue weighted by molar-refractivity contribution is -0.151. The van der Waals surface area contributed by atoms with E-state index in [1.54, 1.807) is 36.4 Å². The Hall–Kier alpha value is -3.19. The van der Waals surface area contributed by atoms with E-state index in [0.717, 1.165) is 5.56 Å². The van der Waals surface area contributed by atoms with Gasteiger partial charge >= 0.3 is 5.97 Å². The number of phenolic OH excluding ortho intramolecular Hbond substituents is 1. The number of benzene rings is 2. The van der Waals surface area contributed by atoms with Crippen molar-refractivity contribution < 1.29 is 34.3 Å². The Bertz CT molecular complexity index is 844. The first kappa shape index (κ1) is 17.6. The number of aromatic hydroxyl groups is 1. The first-order valence-electron chi connectivity index (χ1n) is 7.88. The number of aliphatic hydroxyl groups excluding tert-OH is 1. The molecule has 1 aliphatic heterocycles. The van der Waals surface area contributed by atoms with E-state index in [-0.39, 0.29) is 18.1 Å². The van der Waals surface area contributed by atoms with Crippen molar-refractivity contribution in [1.29, 1.82) is 0 Å². The SMILES string of the molecule is COc1cc([C@H]2Oc3cc(/C=C\CO)ccc3O[C@@H]2C(=O)O)ccc1O. The molecular formula is C19H18O7. The van der Waals surface area contributed by atoms with Gasteiger partial charge in [-0.05, 0) is 29.8 Å². The minimum atomic E-state index is -1.25. The first-order valence-corrected chi connectivity index (χ1v) is 7.88. The summed E-state index contributed by atoms with van der Waals surface area (Å²) in [5.74, 6) is -0.311. The van der Waals surface area contributed by atoms with E-state index in [9.17, 15) is 15.0 Å². The van der Waals surface area contributed by atoms with Gasteiger partial charge < -0.3 is 29.5 Å². The molecule has 3 rings (SSSR count). The summed E-state index contributed by atoms with van der Waals surface area (Å²) in [4.78, 5) is 11.7. The molecule has 1 aliphatic rings. The first-order chi connectivity index (χ1) is 12.5. The molecule has 0 spiro atoms. The van der Waals surface area contributed by atoms with Crippen LogP contribution in [0.5, 0.6) is 23.0 Å². The van der Waals surface area contributed by atoms with Crippen molar-refractivity contribution >= 4 is 12.0 Å². The molecule has 3 N–H and O–H groups in total. The van der Waals surface area contributed by atoms with Gasteiger partial charge in [0.2, 0.25) is 6.10 Å². The predicted octanol–water partition coefficient (Wildman–Crippen LogP) is 2.37. The van der Waals surface area contributed by atoms with Crippen molar-refractivity contribution in [2.45, 2.75) is 12.2 Å². The number of carbonyl (C=O) groups is 1. The van der Waals surface area contributed by atoms with E-state index in [2.05, 4.69) is 0 Å². The highest BCUT2D eigenvalue weighted by atomic mass is 16.6. The molecule has 1 heterocycles. The van der Waals surface area contributed by atoms with E-state index < -0.39 is 18.2 Å². The lowest BCUT2D eigenvalue weighted by Crippen LogP contribution is -2.39. The highest BCUT2D eigenvalue weighted by Crippen LogP contribution is 2.41. The fourth-order valence-electron chi connectivity index (χ4n) is 2.70. The third-order valence-electron chi connectivity index (χ3n) is 3.94. The van der Waals surface area contributed by atoms with Crippen LogP contribution in [0.15, 0.2) is 42.5 Å². The van der Waals surface area contributed by atoms with Crippen LogP contribution in [0.3, 0.4) is 0 Å². The summed E-state index contributed by atoms with van der Waals surface area (Å²) >= 11 is 0. The molecule has 2 atom stereocenters. The van der Waals surface area contributed by atoms with Crippen LogP contribution in [0.2, 0.25) is 0 Å². The largest absolute Gasteiger partial charge is 0.504 e. The number of phenols is 1. The van der Waals surface area contributed by atoms with Gasteiger partial charge in [0.05, 0.1) is 13.7 Å². The fourth-order valence-corrected chi connectivity index (χ4v) is 2.70. The van der Waals surface area contributed by atoms with Gasteiger partial charge in [-0.3, -0.25) is 0 Å². The Kier molecular flexibility index (Phi) is 4.99. The summed E-state index contributed by atoms with van der Waals surface area (Å²) in [7, 11) is 1.40. The zero-order valence-electron chi connectivity index (χ0n) is 14.0. The number of carboxylic acid groups (broad SMARTS) is 1. The predicted molar refractivity (Wildman–Crippen MR) is 92.6 cm³/mol. The van der Waals surface area contributed by atoms with Gasteiger partial charge in [0.25, 0.3) is 0 Å². The Labute approximate surface area is 149 Å². The average molecular weight is 358 g/mol. The molecule has 136 valence electrons. The van der Waals surface area contributed by atoms with Crippen molar-refractivity contribution in [2.75, 3.05) is 13.7 Å². The number of aliphatic hydroxyl groups is 1. The molecule has 0 saturated carbocycles. The summed E-state index contributed by atoms with van der Waals surface area (Å²) in [6, 6.07) is 9.53. The van der Waals surface area contributed by atoms with Gasteiger partial charge in [0.15, 0.2) is 29.1 Å². The highest BCUT2D eigenvalue weighted by Gasteiger charge is 2.38. The summed E-state index contributed by atoms with van der Waals surface area (Å²) in [6.07, 6.45) is 1.11. The molecule has 0 amide bonds. The zero-order valence-corrected chi connectivity index (χ0v) is 14.0. The number of ether oxygens (including phenoxy) is 3. The number of hydrogen-bond donors (Lipinski definition) is 3. The van der Waals surface area contributed by atoms with Crippen molar-refractivity contribution in [3.63, 3.8) is 0 Å². The standard InChI is InChI=1S/C19H18O7/c1-24-15-10-12(5-6-13(15)21)17-18(19(22)23)25-14-7-4-11(3-2-8-20)9-16(14)26-17/h2-7,9-10,17-18,20-21H,8H2,1H3,(H,22,23)/b3-2-/t17-,18+/m1/s1. The van der Waals surface area contributed by atoms with E-state index in [4.69, 9.17) is 19.3 Å². The fraction of sp³-hybridized carbons (Fsp3) is 0.211. The van der Waals surface area contributed by atoms with Crippen molar-refractivity contribution in [1.82, 2.24) is 0 Å². The molecule has 0 radical (unpaired) electrons. The number of methoxy groups -OCH3 is 1. The van der Waals surface area contributed by atoms with Crippen LogP contribution in [0.25, 0.3) is 6.08 Å². The van der Waals surface area contributed by atoms with Crippen LogP contribution in [0.4, 0.5) is 0 Å². The molecule has 26 heavy (non-hydrogen) atoms. The Morgan fingerprint density at radius 3 is 2.69 bits per heavy atom. The Morgan fingerprint density at radius 1 is 1.19 bits per heavy atom. The molecule has 0 bridgehead atoms. The summed E-state index contributed by atoms with van der Waals surface area (Å²) in [6.45, 7) is -0.0918. The van der Waals surface area contributed by atoms with Gasteiger partial charge in [0, 0.05) is 5.56 Å². The topological polar surface area (TPSA) is 105 Å². The van der Waals surface area contributed by atoms with Crippen LogP contribution in [-0.2, 0) is 4.79 Å². The van der Waals surface area contributed by atoms with Gasteiger partial charge in [-0.15, -0.1) is 0 Å². The molecule has 2 aromatic carbocycles. The second-order valence-corrected chi connectivity index (χ2v) is 5.64. The van der Waals surface area contributed by atoms with E-state index in [1.807, 2.05) is 0 Å². The van der Waals surface area contributed by atoms with Crippen LogP contribution >= 0.6 is 0 Å². The summed E-state index contributed by atoms with van der Waals surface area (Å²) in [5, 5.41) is 28.2. The van der Waals surface area contributed by atoms with E-state index >= 15 is 0 Å². The quantitative estimate of drug-likeness (QED) is 0.753. The van der Waals surface area contributed by atoms with Crippen molar-refractivity contribution in [2.24, 2.45) is 0 Å². The molecule has 0 aliphatic carbocycles. The minimum absolute atomic E-state index is 0.0586. The minimum Gasteiger partial charge on any atom is -0.504 e. The second kappa shape index (κ2) is 7.37. The molecule has 0 unspecified atom stereocenters. The highest BCUT2D eigenvalue weighted by molar-refractivity contribution is 5.75. The van der Waals surface area contributed by atoms with Gasteiger partial charge in [0.1, 0.15) is 0 Å². The number of fused-ring (bicyclic) bond motifs is 1. The molecule has 7 heteroatoms. The molecule has 0 saturated heterocycles. The summed E-state index contributed by atoms with van der Waals surface area (Å²) in [5.41, 5.74) is 1.27. The van der Waals surface area contributed by atoms with E-state index in [0.29, 0.717) is 17.1 Å². The average Bonchev–Trinajstić information content (AvgIpc) is 2.65. The number of aliphatic carboxylic acids is 1. The second-order valence-electron chi connectivity index (χ2n) is 5.64. The third-order valence-corrected chi connectivity index (χ3v) is 3.94. The van der Waals surface area contributed by atoms with Crippen LogP contribution in [0.1, 0.15) is 17.2 Å². The third kappa shape index (κ3) is 3.43. The van der Waals surface area contributed by atoms with Crippen molar-refractivity contribution in [3.05, 3.63) is 53.6 Å². The maximum Gasteiger partial charge on any atom is 0.349 e. The molecule has 0 aromatic heterocycles. The van der Waals surface area contributed by atoms with Crippen LogP contribution < -0.4 is 14.2 Å². The Morgan fingerprint density at radius 2 is 2.00 bits per heavy atom. The van der Waals surface area contributed by atoms with Gasteiger partial charge in [-0.1, -0.05) is 24.3 Å². The summed E-state index contributed by atoms with van der Waals surface area (Å²) < 4.78 is 16.6. The van der Waals surface area contributed by atoms with Gasteiger partial charge in [-0.25, -0.2) is 4.79 Å². The molecule has 7 nitrogen and oxygen atoms in total. The monoisotopic (exact) mass is 358 g/mol. The maximum absolute atomic E-state index is 11.7. The lowest BCUT2D eigenvalue weighted by Gasteiger charge is -2.32. The lowest BCUT2D eigenvalue weighted by atomic mass is 10.0. The number of hydrogen-bond acceptors (Lipinski definition) is 6. The molecule has 0 fully saturated rings. The Balaban J connectivity index is 1.99.